The number of amides is 1. The van der Waals surface area contributed by atoms with Crippen molar-refractivity contribution in [2.45, 2.75) is 6.04 Å². The molecule has 1 atom stereocenters. The summed E-state index contributed by atoms with van der Waals surface area (Å²) in [5, 5.41) is 21.2. The number of ether oxygens (including phenoxy) is 1. The predicted octanol–water partition coefficient (Wildman–Crippen LogP) is 1.78. The van der Waals surface area contributed by atoms with Crippen LogP contribution in [0.15, 0.2) is 48.3 Å². The largest absolute Gasteiger partial charge is 0.507 e. The van der Waals surface area contributed by atoms with Gasteiger partial charge in [0.15, 0.2) is 0 Å². The molecule has 152 valence electrons. The van der Waals surface area contributed by atoms with Gasteiger partial charge in [0.25, 0.3) is 11.7 Å². The van der Waals surface area contributed by atoms with Crippen LogP contribution in [0.1, 0.15) is 17.2 Å². The highest BCUT2D eigenvalue weighted by Crippen LogP contribution is 2.40. The fourth-order valence-corrected chi connectivity index (χ4v) is 3.29. The number of phenols is 1. The van der Waals surface area contributed by atoms with Crippen molar-refractivity contribution >= 4 is 17.4 Å². The summed E-state index contributed by atoms with van der Waals surface area (Å²) in [6.45, 7) is 0.833. The Hall–Kier alpha value is -3.39. The lowest BCUT2D eigenvalue weighted by atomic mass is 9.96. The van der Waals surface area contributed by atoms with E-state index in [9.17, 15) is 19.8 Å². The zero-order valence-corrected chi connectivity index (χ0v) is 16.5. The van der Waals surface area contributed by atoms with Crippen LogP contribution < -0.4 is 4.74 Å². The van der Waals surface area contributed by atoms with Crippen molar-refractivity contribution < 1.29 is 24.5 Å². The second-order valence-corrected chi connectivity index (χ2v) is 6.97. The average Bonchev–Trinajstić information content (AvgIpc) is 2.97. The molecule has 1 aromatic heterocycles. The summed E-state index contributed by atoms with van der Waals surface area (Å²) in [5.41, 5.74) is 0.563. The number of aliphatic hydroxyl groups is 1. The molecule has 0 bridgehead atoms. The van der Waals surface area contributed by atoms with Crippen LogP contribution in [0.25, 0.3) is 5.76 Å². The molecule has 1 fully saturated rings. The van der Waals surface area contributed by atoms with Gasteiger partial charge >= 0.3 is 0 Å². The third kappa shape index (κ3) is 3.93. The van der Waals surface area contributed by atoms with Gasteiger partial charge in [0.2, 0.25) is 0 Å². The third-order valence-corrected chi connectivity index (χ3v) is 4.79. The van der Waals surface area contributed by atoms with Gasteiger partial charge in [0, 0.05) is 31.5 Å². The number of likely N-dealkylation sites (tertiary alicyclic amines) is 1. The zero-order valence-electron chi connectivity index (χ0n) is 16.5. The minimum Gasteiger partial charge on any atom is -0.507 e. The van der Waals surface area contributed by atoms with Gasteiger partial charge in [-0.15, -0.1) is 0 Å². The number of aromatic hydroxyl groups is 1. The van der Waals surface area contributed by atoms with E-state index in [0.29, 0.717) is 24.4 Å². The summed E-state index contributed by atoms with van der Waals surface area (Å²) < 4.78 is 5.06. The number of Topliss-reactive ketones (excluding diaryl/α,β-unsaturated/α-hetero) is 1. The highest BCUT2D eigenvalue weighted by molar-refractivity contribution is 6.46. The minimum atomic E-state index is -0.801. The smallest absolute Gasteiger partial charge is 0.295 e. The Bertz CT molecular complexity index is 956. The normalized spacial score (nSPS) is 18.5. The Morgan fingerprint density at radius 2 is 2.03 bits per heavy atom. The van der Waals surface area contributed by atoms with Crippen LogP contribution >= 0.6 is 0 Å². The number of pyridine rings is 1. The molecule has 1 saturated heterocycles. The molecular formula is C21H23N3O5. The quantitative estimate of drug-likeness (QED) is 0.435. The van der Waals surface area contributed by atoms with Crippen LogP contribution in [0.5, 0.6) is 11.5 Å². The molecule has 0 spiro atoms. The number of benzene rings is 1. The Balaban J connectivity index is 2.15. The molecule has 8 heteroatoms. The standard InChI is InChI=1S/C21H23N3O5/c1-23(2)9-10-24-18(13-5-4-8-22-12-13)17(20(27)21(24)28)19(26)15-7-6-14(29-3)11-16(15)25/h4-8,11-12,18,25-26H,9-10H2,1-3H3/b19-17+. The summed E-state index contributed by atoms with van der Waals surface area (Å²) in [4.78, 5) is 33.0. The van der Waals surface area contributed by atoms with Gasteiger partial charge < -0.3 is 24.7 Å². The number of aromatic nitrogens is 1. The van der Waals surface area contributed by atoms with Crippen molar-refractivity contribution in [3.8, 4) is 11.5 Å². The number of phenolic OH excluding ortho intramolecular Hbond substituents is 1. The number of aliphatic hydroxyl groups excluding tert-OH is 1. The van der Waals surface area contributed by atoms with Crippen LogP contribution in [-0.2, 0) is 9.59 Å². The number of carbonyl (C=O) groups is 2. The molecule has 1 amide bonds. The average molecular weight is 397 g/mol. The van der Waals surface area contributed by atoms with Gasteiger partial charge in [0.05, 0.1) is 24.3 Å². The first-order chi connectivity index (χ1) is 13.8. The van der Waals surface area contributed by atoms with Crippen LogP contribution in [0, 0.1) is 0 Å². The highest BCUT2D eigenvalue weighted by Gasteiger charge is 2.46. The van der Waals surface area contributed by atoms with E-state index >= 15 is 0 Å². The first-order valence-corrected chi connectivity index (χ1v) is 9.05. The lowest BCUT2D eigenvalue weighted by Gasteiger charge is -2.26. The van der Waals surface area contributed by atoms with Crippen molar-refractivity contribution in [3.05, 3.63) is 59.4 Å². The lowest BCUT2D eigenvalue weighted by molar-refractivity contribution is -0.140. The number of hydrogen-bond acceptors (Lipinski definition) is 7. The molecule has 1 aliphatic heterocycles. The van der Waals surface area contributed by atoms with Gasteiger partial charge in [-0.1, -0.05) is 6.07 Å². The van der Waals surface area contributed by atoms with Crippen molar-refractivity contribution in [3.63, 3.8) is 0 Å². The van der Waals surface area contributed by atoms with Crippen LogP contribution in [0.3, 0.4) is 0 Å². The summed E-state index contributed by atoms with van der Waals surface area (Å²) in [5.74, 6) is -1.80. The van der Waals surface area contributed by atoms with E-state index < -0.39 is 23.5 Å². The van der Waals surface area contributed by atoms with Crippen molar-refractivity contribution in [1.82, 2.24) is 14.8 Å². The molecule has 1 unspecified atom stereocenters. The Kier molecular flexibility index (Phi) is 5.84. The van der Waals surface area contributed by atoms with E-state index in [1.165, 1.54) is 24.1 Å². The second-order valence-electron chi connectivity index (χ2n) is 6.97. The molecular weight excluding hydrogens is 374 g/mol. The summed E-state index contributed by atoms with van der Waals surface area (Å²) in [6.07, 6.45) is 3.14. The molecule has 29 heavy (non-hydrogen) atoms. The Morgan fingerprint density at radius 1 is 1.28 bits per heavy atom. The molecule has 2 heterocycles. The van der Waals surface area contributed by atoms with E-state index in [4.69, 9.17) is 4.74 Å². The maximum absolute atomic E-state index is 12.8. The van der Waals surface area contributed by atoms with Gasteiger partial charge in [0.1, 0.15) is 17.3 Å². The predicted molar refractivity (Wildman–Crippen MR) is 106 cm³/mol. The second kappa shape index (κ2) is 8.32. The molecule has 0 radical (unpaired) electrons. The third-order valence-electron chi connectivity index (χ3n) is 4.79. The van der Waals surface area contributed by atoms with E-state index in [1.807, 2.05) is 19.0 Å². The minimum absolute atomic E-state index is 0.0466. The fourth-order valence-electron chi connectivity index (χ4n) is 3.29. The first-order valence-electron chi connectivity index (χ1n) is 9.05. The molecule has 2 N–H and O–H groups in total. The molecule has 1 aliphatic rings. The van der Waals surface area contributed by atoms with Crippen LogP contribution in [-0.4, -0.2) is 71.0 Å². The maximum Gasteiger partial charge on any atom is 0.295 e. The summed E-state index contributed by atoms with van der Waals surface area (Å²) in [6, 6.07) is 6.97. The van der Waals surface area contributed by atoms with Gasteiger partial charge in [-0.05, 0) is 37.9 Å². The summed E-state index contributed by atoms with van der Waals surface area (Å²) >= 11 is 0. The Morgan fingerprint density at radius 3 is 2.62 bits per heavy atom. The molecule has 3 rings (SSSR count). The van der Waals surface area contributed by atoms with Crippen molar-refractivity contribution in [2.24, 2.45) is 0 Å². The first kappa shape index (κ1) is 20.3. The monoisotopic (exact) mass is 397 g/mol. The molecule has 8 nitrogen and oxygen atoms in total. The van der Waals surface area contributed by atoms with Gasteiger partial charge in [-0.3, -0.25) is 14.6 Å². The van der Waals surface area contributed by atoms with Crippen LogP contribution in [0.4, 0.5) is 0 Å². The number of carbonyl (C=O) groups excluding carboxylic acids is 2. The Labute approximate surface area is 168 Å². The number of methoxy groups -OCH3 is 1. The number of rotatable bonds is 6. The van der Waals surface area contributed by atoms with Gasteiger partial charge in [-0.2, -0.15) is 0 Å². The molecule has 1 aromatic carbocycles. The number of ketones is 1. The zero-order chi connectivity index (χ0) is 21.1. The van der Waals surface area contributed by atoms with E-state index in [2.05, 4.69) is 4.98 Å². The number of nitrogens with zero attached hydrogens (tertiary/aromatic N) is 3. The lowest BCUT2D eigenvalue weighted by Crippen LogP contribution is -2.35. The van der Waals surface area contributed by atoms with E-state index in [-0.39, 0.29) is 16.9 Å². The maximum atomic E-state index is 12.8. The molecule has 0 aliphatic carbocycles. The summed E-state index contributed by atoms with van der Waals surface area (Å²) in [7, 11) is 5.18. The number of hydrogen-bond donors (Lipinski definition) is 2. The van der Waals surface area contributed by atoms with E-state index in [0.717, 1.165) is 0 Å². The van der Waals surface area contributed by atoms with E-state index in [1.54, 1.807) is 30.6 Å². The number of likely N-dealkylation sites (N-methyl/N-ethyl adjacent to an activating group) is 1. The highest BCUT2D eigenvalue weighted by atomic mass is 16.5. The molecule has 2 aromatic rings. The van der Waals surface area contributed by atoms with Gasteiger partial charge in [-0.25, -0.2) is 0 Å². The van der Waals surface area contributed by atoms with Crippen molar-refractivity contribution in [2.75, 3.05) is 34.3 Å². The SMILES string of the molecule is COc1ccc(/C(O)=C2\C(=O)C(=O)N(CCN(C)C)C2c2cccnc2)c(O)c1. The fraction of sp³-hybridized carbons (Fsp3) is 0.286. The van der Waals surface area contributed by atoms with Crippen LogP contribution in [0.2, 0.25) is 0 Å². The molecule has 0 saturated carbocycles. The van der Waals surface area contributed by atoms with Crippen molar-refractivity contribution in [1.29, 1.82) is 0 Å². The topological polar surface area (TPSA) is 103 Å².